The monoisotopic (exact) mass is 917 g/mol. The number of aliphatic hydroxyl groups is 4. The molecule has 0 bridgehead atoms. The van der Waals surface area contributed by atoms with Crippen molar-refractivity contribution < 1.29 is 30.0 Å². The summed E-state index contributed by atoms with van der Waals surface area (Å²) >= 11 is 0. The molecule has 360 valence electrons. The molecule has 2 saturated heterocycles. The first-order valence-corrected chi connectivity index (χ1v) is 23.9. The molecule has 5 aliphatic rings. The Hall–Kier alpha value is -5.00. The minimum atomic E-state index is -1.13. The van der Waals surface area contributed by atoms with Crippen LogP contribution in [0.15, 0.2) is 12.7 Å². The van der Waals surface area contributed by atoms with Crippen molar-refractivity contribution in [1.29, 1.82) is 0 Å². The van der Waals surface area contributed by atoms with Gasteiger partial charge in [0.15, 0.2) is 34.0 Å². The van der Waals surface area contributed by atoms with Crippen LogP contribution in [0.1, 0.15) is 90.1 Å². The lowest BCUT2D eigenvalue weighted by molar-refractivity contribution is -0.123. The van der Waals surface area contributed by atoms with Gasteiger partial charge in [-0.25, -0.2) is 9.97 Å². The summed E-state index contributed by atoms with van der Waals surface area (Å²) in [6.45, 7) is 6.63. The topological polar surface area (TPSA) is 263 Å². The maximum absolute atomic E-state index is 12.3. The largest absolute Gasteiger partial charge is 0.388 e. The minimum Gasteiger partial charge on any atom is -0.388 e. The van der Waals surface area contributed by atoms with Gasteiger partial charge in [-0.05, 0) is 79.6 Å². The number of hydrogen-bond acceptors (Lipinski definition) is 18. The zero-order valence-corrected chi connectivity index (χ0v) is 39.0. The van der Waals surface area contributed by atoms with Crippen molar-refractivity contribution in [3.05, 3.63) is 12.7 Å². The van der Waals surface area contributed by atoms with E-state index in [4.69, 9.17) is 29.9 Å². The molecular formula is C44H68N16O6. The molecule has 0 radical (unpaired) electrons. The highest BCUT2D eigenvalue weighted by atomic mass is 16.3. The summed E-state index contributed by atoms with van der Waals surface area (Å²) in [5, 5.41) is 57.7. The lowest BCUT2D eigenvalue weighted by Gasteiger charge is -2.31. The van der Waals surface area contributed by atoms with Crippen molar-refractivity contribution in [2.75, 3.05) is 74.8 Å². The number of rotatable bonds is 14. The van der Waals surface area contributed by atoms with Gasteiger partial charge in [0.05, 0.1) is 36.8 Å². The number of likely N-dealkylation sites (N-methyl/N-ethyl adjacent to an activating group) is 2. The summed E-state index contributed by atoms with van der Waals surface area (Å²) in [6.07, 6.45) is 5.21. The molecule has 4 aromatic rings. The highest BCUT2D eigenvalue weighted by Gasteiger charge is 2.45. The number of amides is 2. The van der Waals surface area contributed by atoms with E-state index < -0.39 is 48.6 Å². The van der Waals surface area contributed by atoms with Gasteiger partial charge < -0.3 is 70.4 Å². The maximum Gasteiger partial charge on any atom is 0.229 e. The average molecular weight is 917 g/mol. The first-order chi connectivity index (χ1) is 31.7. The SMILES string of the molecule is CCC(=O)N[C@H]1C[C@@H](n2cnc3c(N[C@H]4CC[C@H](Nc5nc(N6CC[C@@H](N(C)C)C6)nc6c5ncn6[C@@H]5C[C@H](NC(=O)CC)[C@@H](O)[C@H]5O)CC4)nc(N4CC[C@@H](N(C)C)C4)nc32)[C@H](O)[C@@H]1O. The second-order valence-electron chi connectivity index (χ2n) is 19.6. The molecule has 0 unspecified atom stereocenters. The molecule has 9 rings (SSSR count). The van der Waals surface area contributed by atoms with E-state index >= 15 is 0 Å². The Balaban J connectivity index is 0.953. The molecule has 22 nitrogen and oxygen atoms in total. The van der Waals surface area contributed by atoms with Crippen molar-refractivity contribution in [2.45, 2.75) is 151 Å². The third-order valence-electron chi connectivity index (χ3n) is 14.9. The van der Waals surface area contributed by atoms with Crippen molar-refractivity contribution in [2.24, 2.45) is 0 Å². The summed E-state index contributed by atoms with van der Waals surface area (Å²) in [4.78, 5) is 63.3. The zero-order chi connectivity index (χ0) is 46.6. The molecule has 4 aromatic heterocycles. The van der Waals surface area contributed by atoms with Gasteiger partial charge in [-0.3, -0.25) is 9.59 Å². The maximum atomic E-state index is 12.3. The van der Waals surface area contributed by atoms with E-state index in [1.165, 1.54) is 0 Å². The van der Waals surface area contributed by atoms with Crippen LogP contribution in [0.3, 0.4) is 0 Å². The van der Waals surface area contributed by atoms with Crippen molar-refractivity contribution in [3.8, 4) is 0 Å². The summed E-state index contributed by atoms with van der Waals surface area (Å²) < 4.78 is 3.66. The standard InChI is InChI=1S/C44H68N16O6/c1-7-31(61)49-27-17-29(37(65)35(27)63)59-21-45-33-39(51-43(53-41(33)59)57-15-13-25(19-57)55(3)4)47-23-9-11-24(12-10-23)48-40-34-42(54-44(52-40)58-16-14-26(20-58)56(5)6)60(22-46-34)30-18-28(36(64)38(30)66)50-32(62)8-2/h21-30,35-38,63-66H,7-20H2,1-6H3,(H,49,61)(H,50,62)(H,47,51,53)(H,48,52,54)/t23-,24-,25-,26-,27+,28+,29-,30-,35-,36-,37+,38+/m1/s1. The van der Waals surface area contributed by atoms with E-state index in [1.807, 2.05) is 9.13 Å². The smallest absolute Gasteiger partial charge is 0.229 e. The molecule has 2 amide bonds. The van der Waals surface area contributed by atoms with Crippen molar-refractivity contribution in [3.63, 3.8) is 0 Å². The summed E-state index contributed by atoms with van der Waals surface area (Å²) in [7, 11) is 8.33. The summed E-state index contributed by atoms with van der Waals surface area (Å²) in [5.41, 5.74) is 2.27. The fraction of sp³-hybridized carbons (Fsp3) is 0.727. The van der Waals surface area contributed by atoms with Gasteiger partial charge in [0.1, 0.15) is 24.4 Å². The summed E-state index contributed by atoms with van der Waals surface area (Å²) in [5.74, 6) is 2.02. The Morgan fingerprint density at radius 3 is 1.35 bits per heavy atom. The van der Waals surface area contributed by atoms with Crippen LogP contribution in [-0.2, 0) is 9.59 Å². The van der Waals surface area contributed by atoms with Crippen LogP contribution in [0.25, 0.3) is 22.3 Å². The Labute approximate surface area is 384 Å². The van der Waals surface area contributed by atoms with Crippen LogP contribution in [0.5, 0.6) is 0 Å². The molecule has 8 N–H and O–H groups in total. The third kappa shape index (κ3) is 8.94. The molecular weight excluding hydrogens is 849 g/mol. The number of aliphatic hydroxyl groups excluding tert-OH is 4. The van der Waals surface area contributed by atoms with Gasteiger partial charge >= 0.3 is 0 Å². The number of carbonyl (C=O) groups is 2. The van der Waals surface area contributed by atoms with Gasteiger partial charge in [0.2, 0.25) is 23.7 Å². The fourth-order valence-corrected chi connectivity index (χ4v) is 10.7. The van der Waals surface area contributed by atoms with Crippen LogP contribution in [0.2, 0.25) is 0 Å². The Morgan fingerprint density at radius 1 is 0.606 bits per heavy atom. The lowest BCUT2D eigenvalue weighted by atomic mass is 9.91. The molecule has 2 aliphatic heterocycles. The molecule has 0 spiro atoms. The Morgan fingerprint density at radius 2 is 1.00 bits per heavy atom. The quantitative estimate of drug-likeness (QED) is 0.0841. The van der Waals surface area contributed by atoms with Gasteiger partial charge in [-0.1, -0.05) is 13.8 Å². The van der Waals surface area contributed by atoms with E-state index in [2.05, 4.69) is 69.1 Å². The van der Waals surface area contributed by atoms with E-state index in [-0.39, 0.29) is 36.7 Å². The molecule has 3 aliphatic carbocycles. The van der Waals surface area contributed by atoms with Gasteiger partial charge in [-0.15, -0.1) is 0 Å². The Kier molecular flexibility index (Phi) is 13.2. The number of anilines is 4. The predicted molar refractivity (Wildman–Crippen MR) is 248 cm³/mol. The predicted octanol–water partition coefficient (Wildman–Crippen LogP) is 0.205. The minimum absolute atomic E-state index is 0.0731. The number of carbonyl (C=O) groups excluding carboxylic acids is 2. The molecule has 5 fully saturated rings. The highest BCUT2D eigenvalue weighted by molar-refractivity contribution is 5.86. The van der Waals surface area contributed by atoms with E-state index in [0.29, 0.717) is 70.8 Å². The molecule has 6 heterocycles. The van der Waals surface area contributed by atoms with E-state index in [1.54, 1.807) is 26.5 Å². The normalized spacial score (nSPS) is 31.5. The van der Waals surface area contributed by atoms with Crippen LogP contribution < -0.4 is 31.1 Å². The number of nitrogens with zero attached hydrogens (tertiary/aromatic N) is 12. The molecule has 66 heavy (non-hydrogen) atoms. The molecule has 0 aromatic carbocycles. The van der Waals surface area contributed by atoms with Gasteiger partial charge in [0, 0.05) is 63.2 Å². The van der Waals surface area contributed by atoms with Crippen molar-refractivity contribution in [1.82, 2.24) is 59.5 Å². The number of aromatic nitrogens is 8. The number of fused-ring (bicyclic) bond motifs is 2. The first-order valence-electron chi connectivity index (χ1n) is 23.9. The second-order valence-corrected chi connectivity index (χ2v) is 19.6. The number of nitrogens with one attached hydrogen (secondary N) is 4. The van der Waals surface area contributed by atoms with Crippen LogP contribution in [-0.4, -0.2) is 196 Å². The van der Waals surface area contributed by atoms with Gasteiger partial charge in [0.25, 0.3) is 0 Å². The van der Waals surface area contributed by atoms with Crippen LogP contribution in [0.4, 0.5) is 23.5 Å². The lowest BCUT2D eigenvalue weighted by Crippen LogP contribution is -2.42. The molecule has 10 atom stereocenters. The van der Waals surface area contributed by atoms with E-state index in [0.717, 1.165) is 64.7 Å². The van der Waals surface area contributed by atoms with Crippen LogP contribution in [0, 0.1) is 0 Å². The molecule has 3 saturated carbocycles. The van der Waals surface area contributed by atoms with E-state index in [9.17, 15) is 30.0 Å². The van der Waals surface area contributed by atoms with Gasteiger partial charge in [-0.2, -0.15) is 19.9 Å². The van der Waals surface area contributed by atoms with Crippen molar-refractivity contribution >= 4 is 57.7 Å². The zero-order valence-electron chi connectivity index (χ0n) is 39.0. The fourth-order valence-electron chi connectivity index (χ4n) is 10.7. The average Bonchev–Trinajstić information content (AvgIpc) is 4.18. The Bertz CT molecular complexity index is 2210. The number of hydrogen-bond donors (Lipinski definition) is 8. The first kappa shape index (κ1) is 46.1. The number of imidazole rings is 2. The second kappa shape index (κ2) is 18.9. The summed E-state index contributed by atoms with van der Waals surface area (Å²) in [6, 6.07) is -1.47. The third-order valence-corrected chi connectivity index (χ3v) is 14.9. The highest BCUT2D eigenvalue weighted by Crippen LogP contribution is 2.38. The molecule has 22 heteroatoms. The van der Waals surface area contributed by atoms with Crippen LogP contribution >= 0.6 is 0 Å².